The largest absolute Gasteiger partial charge is 0.491 e. The van der Waals surface area contributed by atoms with Gasteiger partial charge in [-0.2, -0.15) is 0 Å². The van der Waals surface area contributed by atoms with Crippen LogP contribution in [-0.4, -0.2) is 49.1 Å². The van der Waals surface area contributed by atoms with Crippen molar-refractivity contribution >= 4 is 17.5 Å². The summed E-state index contributed by atoms with van der Waals surface area (Å²) in [6.45, 7) is 2.65. The first-order valence-electron chi connectivity index (χ1n) is 10.1. The maximum atomic E-state index is 12.2. The van der Waals surface area contributed by atoms with Gasteiger partial charge in [0.15, 0.2) is 0 Å². The fourth-order valence-corrected chi connectivity index (χ4v) is 3.50. The molecule has 3 rings (SSSR count). The minimum absolute atomic E-state index is 0.0729. The van der Waals surface area contributed by atoms with Crippen molar-refractivity contribution in [1.29, 1.82) is 0 Å². The van der Waals surface area contributed by atoms with Gasteiger partial charge in [0.25, 0.3) is 0 Å². The Bertz CT molecular complexity index is 611. The molecule has 0 saturated carbocycles. The third-order valence-electron chi connectivity index (χ3n) is 5.13. The smallest absolute Gasteiger partial charge is 0.226 e. The Hall–Kier alpha value is -2.08. The highest BCUT2D eigenvalue weighted by Gasteiger charge is 2.17. The van der Waals surface area contributed by atoms with E-state index in [1.54, 1.807) is 0 Å². The van der Waals surface area contributed by atoms with Gasteiger partial charge >= 0.3 is 0 Å². The number of rotatable bonds is 7. The van der Waals surface area contributed by atoms with E-state index in [0.717, 1.165) is 56.7 Å². The molecule has 27 heavy (non-hydrogen) atoms. The predicted molar refractivity (Wildman–Crippen MR) is 104 cm³/mol. The normalized spacial score (nSPS) is 20.8. The molecule has 2 aliphatic rings. The van der Waals surface area contributed by atoms with E-state index in [4.69, 9.17) is 9.47 Å². The second kappa shape index (κ2) is 10.3. The van der Waals surface area contributed by atoms with Gasteiger partial charge in [-0.1, -0.05) is 6.42 Å². The van der Waals surface area contributed by atoms with Crippen LogP contribution in [0.25, 0.3) is 0 Å². The van der Waals surface area contributed by atoms with E-state index < -0.39 is 0 Å². The quantitative estimate of drug-likeness (QED) is 0.795. The molecule has 1 unspecified atom stereocenters. The average molecular weight is 374 g/mol. The van der Waals surface area contributed by atoms with E-state index in [1.807, 2.05) is 29.2 Å². The highest BCUT2D eigenvalue weighted by atomic mass is 16.5. The lowest BCUT2D eigenvalue weighted by Gasteiger charge is -2.22. The molecule has 148 valence electrons. The predicted octanol–water partition coefficient (Wildman–Crippen LogP) is 3.37. The zero-order valence-corrected chi connectivity index (χ0v) is 16.0. The van der Waals surface area contributed by atoms with Gasteiger partial charge in [0, 0.05) is 38.2 Å². The number of anilines is 1. The third kappa shape index (κ3) is 6.54. The van der Waals surface area contributed by atoms with Gasteiger partial charge in [0.05, 0.1) is 6.10 Å². The van der Waals surface area contributed by atoms with Crippen LogP contribution in [0.15, 0.2) is 24.3 Å². The summed E-state index contributed by atoms with van der Waals surface area (Å²) in [7, 11) is 0. The molecule has 2 heterocycles. The first kappa shape index (κ1) is 19.7. The molecule has 0 bridgehead atoms. The molecule has 2 fully saturated rings. The Labute approximate surface area is 161 Å². The molecule has 0 aromatic heterocycles. The van der Waals surface area contributed by atoms with Crippen molar-refractivity contribution in [3.63, 3.8) is 0 Å². The summed E-state index contributed by atoms with van der Waals surface area (Å²) in [5.41, 5.74) is 0.739. The summed E-state index contributed by atoms with van der Waals surface area (Å²) in [4.78, 5) is 26.0. The molecular formula is C21H30N2O4. The molecule has 0 radical (unpaired) electrons. The summed E-state index contributed by atoms with van der Waals surface area (Å²) < 4.78 is 11.4. The van der Waals surface area contributed by atoms with Crippen molar-refractivity contribution in [3.05, 3.63) is 24.3 Å². The van der Waals surface area contributed by atoms with Crippen LogP contribution >= 0.6 is 0 Å². The highest BCUT2D eigenvalue weighted by Crippen LogP contribution is 2.19. The highest BCUT2D eigenvalue weighted by molar-refractivity contribution is 5.91. The van der Waals surface area contributed by atoms with Crippen molar-refractivity contribution < 1.29 is 19.1 Å². The Morgan fingerprint density at radius 3 is 2.78 bits per heavy atom. The number of ether oxygens (including phenoxy) is 2. The number of hydrogen-bond acceptors (Lipinski definition) is 4. The van der Waals surface area contributed by atoms with Crippen molar-refractivity contribution in [2.45, 2.75) is 57.5 Å². The molecule has 1 aromatic carbocycles. The molecule has 1 N–H and O–H groups in total. The zero-order valence-electron chi connectivity index (χ0n) is 16.0. The monoisotopic (exact) mass is 374 g/mol. The summed E-state index contributed by atoms with van der Waals surface area (Å²) >= 11 is 0. The minimum Gasteiger partial charge on any atom is -0.491 e. The minimum atomic E-state index is -0.0729. The lowest BCUT2D eigenvalue weighted by Crippen LogP contribution is -2.33. The van der Waals surface area contributed by atoms with Crippen molar-refractivity contribution in [3.8, 4) is 5.75 Å². The summed E-state index contributed by atoms with van der Waals surface area (Å²) in [5, 5.41) is 2.89. The summed E-state index contributed by atoms with van der Waals surface area (Å²) in [6, 6.07) is 7.39. The van der Waals surface area contributed by atoms with Crippen LogP contribution in [0.3, 0.4) is 0 Å². The summed E-state index contributed by atoms with van der Waals surface area (Å²) in [5.74, 6) is 0.873. The van der Waals surface area contributed by atoms with Gasteiger partial charge in [-0.15, -0.1) is 0 Å². The van der Waals surface area contributed by atoms with Crippen LogP contribution in [0.1, 0.15) is 51.4 Å². The van der Waals surface area contributed by atoms with Crippen LogP contribution < -0.4 is 10.1 Å². The first-order valence-corrected chi connectivity index (χ1v) is 10.1. The second-order valence-corrected chi connectivity index (χ2v) is 7.31. The van der Waals surface area contributed by atoms with E-state index in [-0.39, 0.29) is 17.9 Å². The second-order valence-electron chi connectivity index (χ2n) is 7.31. The van der Waals surface area contributed by atoms with Gasteiger partial charge in [0.2, 0.25) is 11.8 Å². The zero-order chi connectivity index (χ0) is 18.9. The van der Waals surface area contributed by atoms with Crippen LogP contribution in [-0.2, 0) is 14.3 Å². The molecular weight excluding hydrogens is 344 g/mol. The van der Waals surface area contributed by atoms with E-state index in [1.165, 1.54) is 6.42 Å². The summed E-state index contributed by atoms with van der Waals surface area (Å²) in [6.07, 6.45) is 7.57. The lowest BCUT2D eigenvalue weighted by atomic mass is 10.1. The van der Waals surface area contributed by atoms with Crippen LogP contribution in [0.4, 0.5) is 5.69 Å². The number of nitrogens with one attached hydrogen (secondary N) is 1. The Morgan fingerprint density at radius 1 is 1.15 bits per heavy atom. The van der Waals surface area contributed by atoms with Crippen LogP contribution in [0.5, 0.6) is 5.75 Å². The van der Waals surface area contributed by atoms with Gasteiger partial charge in [-0.3, -0.25) is 9.59 Å². The fraction of sp³-hybridized carbons (Fsp3) is 0.619. The molecule has 1 aromatic rings. The molecule has 6 heteroatoms. The maximum absolute atomic E-state index is 12.2. The van der Waals surface area contributed by atoms with Crippen LogP contribution in [0, 0.1) is 0 Å². The molecule has 6 nitrogen and oxygen atoms in total. The number of carbonyl (C=O) groups is 2. The molecule has 2 amide bonds. The van der Waals surface area contributed by atoms with E-state index in [2.05, 4.69) is 5.32 Å². The lowest BCUT2D eigenvalue weighted by molar-refractivity contribution is -0.131. The van der Waals surface area contributed by atoms with E-state index >= 15 is 0 Å². The van der Waals surface area contributed by atoms with Gasteiger partial charge in [-0.25, -0.2) is 0 Å². The van der Waals surface area contributed by atoms with Crippen molar-refractivity contribution in [1.82, 2.24) is 4.90 Å². The van der Waals surface area contributed by atoms with Crippen LogP contribution in [0.2, 0.25) is 0 Å². The topological polar surface area (TPSA) is 67.9 Å². The third-order valence-corrected chi connectivity index (χ3v) is 5.13. The molecule has 0 aliphatic carbocycles. The Balaban J connectivity index is 1.39. The molecule has 1 atom stereocenters. The van der Waals surface area contributed by atoms with Crippen molar-refractivity contribution in [2.24, 2.45) is 0 Å². The maximum Gasteiger partial charge on any atom is 0.226 e. The number of hydrogen-bond donors (Lipinski definition) is 1. The molecule has 0 spiro atoms. The van der Waals surface area contributed by atoms with Crippen molar-refractivity contribution in [2.75, 3.05) is 31.6 Å². The number of likely N-dealkylation sites (tertiary alicyclic amines) is 1. The van der Waals surface area contributed by atoms with Gasteiger partial charge < -0.3 is 19.7 Å². The number of carbonyl (C=O) groups excluding carboxylic acids is 2. The van der Waals surface area contributed by atoms with Gasteiger partial charge in [-0.05, 0) is 56.4 Å². The fourth-order valence-electron chi connectivity index (χ4n) is 3.50. The van der Waals surface area contributed by atoms with Gasteiger partial charge in [0.1, 0.15) is 12.4 Å². The Kier molecular flexibility index (Phi) is 7.51. The number of benzene rings is 1. The first-order chi connectivity index (χ1) is 13.2. The number of nitrogens with zero attached hydrogens (tertiary/aromatic N) is 1. The Morgan fingerprint density at radius 2 is 2.00 bits per heavy atom. The molecule has 2 saturated heterocycles. The standard InChI is InChI=1S/C21H30N2O4/c24-20(12-14-23-13-4-1-2-7-21(23)25)22-17-8-10-18(11-9-17)27-16-19-6-3-5-15-26-19/h8-11,19H,1-7,12-16H2,(H,22,24). The SMILES string of the molecule is O=C(CCN1CCCCCC1=O)Nc1ccc(OCC2CCCCO2)cc1. The number of amides is 2. The molecule has 2 aliphatic heterocycles. The van der Waals surface area contributed by atoms with E-state index in [9.17, 15) is 9.59 Å². The van der Waals surface area contributed by atoms with E-state index in [0.29, 0.717) is 26.0 Å². The average Bonchev–Trinajstić information content (AvgIpc) is 2.91.